The molecular formula is C26H22F4N6. The van der Waals surface area contributed by atoms with Crippen LogP contribution in [-0.4, -0.2) is 33.0 Å². The lowest BCUT2D eigenvalue weighted by Gasteiger charge is -2.34. The van der Waals surface area contributed by atoms with E-state index in [1.807, 2.05) is 24.8 Å². The van der Waals surface area contributed by atoms with Crippen molar-refractivity contribution in [3.8, 4) is 11.4 Å². The maximum atomic E-state index is 14.9. The Balaban J connectivity index is 1.67. The molecule has 1 N–H and O–H groups in total. The number of para-hydroxylation sites is 1. The summed E-state index contributed by atoms with van der Waals surface area (Å²) >= 11 is 0. The van der Waals surface area contributed by atoms with Crippen LogP contribution in [0.15, 0.2) is 60.6 Å². The van der Waals surface area contributed by atoms with Crippen molar-refractivity contribution in [1.29, 1.82) is 0 Å². The molecule has 0 atom stereocenters. The zero-order valence-electron chi connectivity index (χ0n) is 19.6. The third kappa shape index (κ3) is 4.23. The van der Waals surface area contributed by atoms with Crippen LogP contribution >= 0.6 is 0 Å². The van der Waals surface area contributed by atoms with Crippen molar-refractivity contribution in [2.24, 2.45) is 0 Å². The topological polar surface area (TPSA) is 66.8 Å². The first-order valence-corrected chi connectivity index (χ1v) is 11.4. The fourth-order valence-electron chi connectivity index (χ4n) is 4.48. The second-order valence-corrected chi connectivity index (χ2v) is 8.54. The molecule has 36 heavy (non-hydrogen) atoms. The van der Waals surface area contributed by atoms with Gasteiger partial charge in [0.2, 0.25) is 0 Å². The Morgan fingerprint density at radius 1 is 1.03 bits per heavy atom. The molecule has 0 bridgehead atoms. The quantitative estimate of drug-likeness (QED) is 0.328. The number of aromatic nitrogens is 4. The SMILES string of the molecule is CCCN1CC(C)=C(Nc2nc(-c3ccccc3C(F)(F)F)nc3ncncc23)c2cccc(F)c21. The normalized spacial score (nSPS) is 13.8. The summed E-state index contributed by atoms with van der Waals surface area (Å²) in [6, 6.07) is 9.99. The highest BCUT2D eigenvalue weighted by atomic mass is 19.4. The number of benzene rings is 2. The van der Waals surface area contributed by atoms with Gasteiger partial charge < -0.3 is 10.2 Å². The average Bonchev–Trinajstić information content (AvgIpc) is 2.85. The van der Waals surface area contributed by atoms with E-state index in [1.165, 1.54) is 36.8 Å². The Hall–Kier alpha value is -4.08. The van der Waals surface area contributed by atoms with Crippen LogP contribution in [0.3, 0.4) is 0 Å². The maximum absolute atomic E-state index is 14.9. The standard InChI is InChI=1S/C26H22F4N6/c1-3-11-36-13-15(2)21(17-8-6-10-20(27)22(17)36)33-25-18-12-31-14-32-23(18)34-24(35-25)16-7-4-5-9-19(16)26(28,29)30/h4-10,12,14H,3,11,13H2,1-2H3,(H,31,32,33,34,35). The van der Waals surface area contributed by atoms with Gasteiger partial charge in [0.15, 0.2) is 11.5 Å². The second-order valence-electron chi connectivity index (χ2n) is 8.54. The third-order valence-electron chi connectivity index (χ3n) is 6.01. The Morgan fingerprint density at radius 3 is 2.58 bits per heavy atom. The highest BCUT2D eigenvalue weighted by Gasteiger charge is 2.34. The first-order valence-electron chi connectivity index (χ1n) is 11.4. The molecule has 0 amide bonds. The van der Waals surface area contributed by atoms with E-state index in [0.717, 1.165) is 18.1 Å². The molecular weight excluding hydrogens is 472 g/mol. The van der Waals surface area contributed by atoms with Gasteiger partial charge in [-0.2, -0.15) is 13.2 Å². The van der Waals surface area contributed by atoms with Crippen LogP contribution in [0.5, 0.6) is 0 Å². The smallest absolute Gasteiger partial charge is 0.365 e. The van der Waals surface area contributed by atoms with Crippen molar-refractivity contribution in [2.75, 3.05) is 23.3 Å². The van der Waals surface area contributed by atoms with Gasteiger partial charge in [-0.1, -0.05) is 37.3 Å². The maximum Gasteiger partial charge on any atom is 0.417 e. The van der Waals surface area contributed by atoms with Crippen LogP contribution < -0.4 is 10.2 Å². The van der Waals surface area contributed by atoms with E-state index in [-0.39, 0.29) is 28.7 Å². The summed E-state index contributed by atoms with van der Waals surface area (Å²) < 4.78 is 56.1. The first kappa shape index (κ1) is 23.7. The van der Waals surface area contributed by atoms with Crippen molar-refractivity contribution in [3.05, 3.63) is 77.5 Å². The summed E-state index contributed by atoms with van der Waals surface area (Å²) in [7, 11) is 0. The van der Waals surface area contributed by atoms with Gasteiger partial charge in [0.25, 0.3) is 0 Å². The Labute approximate surface area is 204 Å². The number of rotatable bonds is 5. The molecule has 0 fully saturated rings. The molecule has 0 saturated heterocycles. The lowest BCUT2D eigenvalue weighted by Crippen LogP contribution is -2.32. The van der Waals surface area contributed by atoms with E-state index >= 15 is 0 Å². The highest BCUT2D eigenvalue weighted by molar-refractivity contribution is 5.95. The predicted octanol–water partition coefficient (Wildman–Crippen LogP) is 6.32. The number of nitrogens with zero attached hydrogens (tertiary/aromatic N) is 5. The Kier molecular flexibility index (Phi) is 6.03. The predicted molar refractivity (Wildman–Crippen MR) is 131 cm³/mol. The highest BCUT2D eigenvalue weighted by Crippen LogP contribution is 2.39. The van der Waals surface area contributed by atoms with Gasteiger partial charge >= 0.3 is 6.18 Å². The van der Waals surface area contributed by atoms with Gasteiger partial charge in [0.1, 0.15) is 18.0 Å². The van der Waals surface area contributed by atoms with Crippen LogP contribution in [0.25, 0.3) is 28.1 Å². The number of anilines is 2. The van der Waals surface area contributed by atoms with Crippen molar-refractivity contribution in [2.45, 2.75) is 26.4 Å². The van der Waals surface area contributed by atoms with Gasteiger partial charge in [-0.15, -0.1) is 0 Å². The zero-order valence-corrected chi connectivity index (χ0v) is 19.6. The van der Waals surface area contributed by atoms with E-state index in [1.54, 1.807) is 6.07 Å². The second kappa shape index (κ2) is 9.18. The van der Waals surface area contributed by atoms with E-state index < -0.39 is 11.7 Å². The van der Waals surface area contributed by atoms with Crippen LogP contribution in [0, 0.1) is 5.82 Å². The molecule has 6 nitrogen and oxygen atoms in total. The molecule has 184 valence electrons. The monoisotopic (exact) mass is 494 g/mol. The van der Waals surface area contributed by atoms with Crippen LogP contribution in [0.2, 0.25) is 0 Å². The van der Waals surface area contributed by atoms with E-state index in [4.69, 9.17) is 0 Å². The lowest BCUT2D eigenvalue weighted by molar-refractivity contribution is -0.137. The first-order chi connectivity index (χ1) is 17.3. The molecule has 0 unspecified atom stereocenters. The van der Waals surface area contributed by atoms with Gasteiger partial charge in [-0.05, 0) is 31.1 Å². The summed E-state index contributed by atoms with van der Waals surface area (Å²) in [5.41, 5.74) is 1.87. The fourth-order valence-corrected chi connectivity index (χ4v) is 4.48. The molecule has 1 aliphatic rings. The van der Waals surface area contributed by atoms with Crippen LogP contribution in [0.4, 0.5) is 29.1 Å². The largest absolute Gasteiger partial charge is 0.417 e. The molecule has 2 aromatic heterocycles. The van der Waals surface area contributed by atoms with E-state index in [0.29, 0.717) is 35.4 Å². The minimum absolute atomic E-state index is 0.127. The summed E-state index contributed by atoms with van der Waals surface area (Å²) in [6.07, 6.45) is -0.967. The van der Waals surface area contributed by atoms with E-state index in [2.05, 4.69) is 25.3 Å². The van der Waals surface area contributed by atoms with Gasteiger partial charge in [0, 0.05) is 36.1 Å². The van der Waals surface area contributed by atoms with Gasteiger partial charge in [-0.3, -0.25) is 0 Å². The number of fused-ring (bicyclic) bond motifs is 2. The molecule has 0 spiro atoms. The fraction of sp³-hybridized carbons (Fsp3) is 0.231. The summed E-state index contributed by atoms with van der Waals surface area (Å²) in [5, 5.41) is 3.69. The molecule has 0 saturated carbocycles. The van der Waals surface area contributed by atoms with Gasteiger partial charge in [-0.25, -0.2) is 24.3 Å². The Morgan fingerprint density at radius 2 is 1.81 bits per heavy atom. The molecule has 2 aromatic carbocycles. The molecule has 0 radical (unpaired) electrons. The molecule has 3 heterocycles. The molecule has 5 rings (SSSR count). The number of hydrogen-bond acceptors (Lipinski definition) is 6. The molecule has 1 aliphatic heterocycles. The zero-order chi connectivity index (χ0) is 25.4. The number of alkyl halides is 3. The minimum atomic E-state index is -4.59. The van der Waals surface area contributed by atoms with Crippen LogP contribution in [0.1, 0.15) is 31.4 Å². The van der Waals surface area contributed by atoms with Crippen LogP contribution in [-0.2, 0) is 6.18 Å². The lowest BCUT2D eigenvalue weighted by atomic mass is 9.98. The molecule has 10 heteroatoms. The van der Waals surface area contributed by atoms with Gasteiger partial charge in [0.05, 0.1) is 16.6 Å². The molecule has 4 aromatic rings. The number of nitrogens with one attached hydrogen (secondary N) is 1. The summed E-state index contributed by atoms with van der Waals surface area (Å²) in [6.45, 7) is 5.13. The van der Waals surface area contributed by atoms with Crippen molar-refractivity contribution in [3.63, 3.8) is 0 Å². The average molecular weight is 494 g/mol. The molecule has 0 aliphatic carbocycles. The Bertz CT molecular complexity index is 1480. The van der Waals surface area contributed by atoms with Crippen molar-refractivity contribution < 1.29 is 17.6 Å². The summed E-state index contributed by atoms with van der Waals surface area (Å²) in [4.78, 5) is 19.0. The van der Waals surface area contributed by atoms with Crippen molar-refractivity contribution >= 4 is 28.2 Å². The van der Waals surface area contributed by atoms with Crippen molar-refractivity contribution in [1.82, 2.24) is 19.9 Å². The number of hydrogen-bond donors (Lipinski definition) is 1. The van der Waals surface area contributed by atoms with E-state index in [9.17, 15) is 17.6 Å². The minimum Gasteiger partial charge on any atom is -0.365 e. The summed E-state index contributed by atoms with van der Waals surface area (Å²) in [5.74, 6) is -0.234. The third-order valence-corrected chi connectivity index (χ3v) is 6.01. The number of halogens is 4.